The summed E-state index contributed by atoms with van der Waals surface area (Å²) < 4.78 is 7.29. The van der Waals surface area contributed by atoms with Crippen molar-refractivity contribution < 1.29 is 14.3 Å². The molecule has 0 saturated carbocycles. The summed E-state index contributed by atoms with van der Waals surface area (Å²) in [6.45, 7) is 3.80. The number of hydrogen-bond acceptors (Lipinski definition) is 4. The molecule has 7 heteroatoms. The molecule has 0 aromatic carbocycles. The number of carbonyl (C=O) groups excluding carboxylic acids is 2. The predicted octanol–water partition coefficient (Wildman–Crippen LogP) is 1.74. The molecule has 2 saturated heterocycles. The maximum Gasteiger partial charge on any atom is 0.257 e. The highest BCUT2D eigenvalue weighted by atomic mass is 16.5. The first-order valence-electron chi connectivity index (χ1n) is 9.45. The van der Waals surface area contributed by atoms with Crippen LogP contribution >= 0.6 is 0 Å². The zero-order chi connectivity index (χ0) is 19.2. The lowest BCUT2D eigenvalue weighted by Crippen LogP contribution is -2.57. The van der Waals surface area contributed by atoms with Crippen molar-refractivity contribution in [1.29, 1.82) is 0 Å². The van der Waals surface area contributed by atoms with Gasteiger partial charge in [-0.15, -0.1) is 0 Å². The molecule has 2 amide bonds. The van der Waals surface area contributed by atoms with E-state index in [0.717, 1.165) is 17.5 Å². The number of likely N-dealkylation sites (tertiary alicyclic amines) is 2. The van der Waals surface area contributed by atoms with Crippen LogP contribution in [0.4, 0.5) is 0 Å². The van der Waals surface area contributed by atoms with E-state index in [-0.39, 0.29) is 17.9 Å². The summed E-state index contributed by atoms with van der Waals surface area (Å²) in [7, 11) is 3.54. The number of ether oxygens (including phenoxy) is 1. The van der Waals surface area contributed by atoms with Crippen LogP contribution in [0, 0.1) is 12.3 Å². The van der Waals surface area contributed by atoms with Gasteiger partial charge in [0.05, 0.1) is 28.8 Å². The monoisotopic (exact) mass is 370 g/mol. The SMILES string of the molecule is COC1CN(C)C(=O)C2(CCN(C(=O)c3cnn4cc(C)ccc34)CC2)C1. The van der Waals surface area contributed by atoms with Gasteiger partial charge in [0, 0.05) is 40.0 Å². The number of carbonyl (C=O) groups is 2. The highest BCUT2D eigenvalue weighted by Gasteiger charge is 2.48. The average molecular weight is 370 g/mol. The van der Waals surface area contributed by atoms with Crippen molar-refractivity contribution in [3.05, 3.63) is 35.7 Å². The Labute approximate surface area is 158 Å². The van der Waals surface area contributed by atoms with Gasteiger partial charge in [0.15, 0.2) is 0 Å². The molecule has 1 atom stereocenters. The van der Waals surface area contributed by atoms with Crippen molar-refractivity contribution in [2.75, 3.05) is 33.8 Å². The second-order valence-corrected chi connectivity index (χ2v) is 7.91. The molecule has 0 radical (unpaired) electrons. The Balaban J connectivity index is 1.51. The molecule has 1 unspecified atom stereocenters. The minimum atomic E-state index is -0.400. The van der Waals surface area contributed by atoms with E-state index in [1.165, 1.54) is 0 Å². The summed E-state index contributed by atoms with van der Waals surface area (Å²) in [5, 5.41) is 4.31. The normalized spacial score (nSPS) is 22.6. The molecule has 27 heavy (non-hydrogen) atoms. The lowest BCUT2D eigenvalue weighted by Gasteiger charge is -2.47. The number of fused-ring (bicyclic) bond motifs is 1. The Hall–Kier alpha value is -2.41. The number of nitrogens with zero attached hydrogens (tertiary/aromatic N) is 4. The van der Waals surface area contributed by atoms with Crippen LogP contribution in [0.5, 0.6) is 0 Å². The molecule has 0 bridgehead atoms. The molecule has 2 fully saturated rings. The number of amides is 2. The summed E-state index contributed by atoms with van der Waals surface area (Å²) >= 11 is 0. The van der Waals surface area contributed by atoms with Gasteiger partial charge in [-0.2, -0.15) is 5.10 Å². The number of methoxy groups -OCH3 is 1. The maximum absolute atomic E-state index is 13.0. The standard InChI is InChI=1S/C20H26N4O3/c1-14-4-5-17-16(11-21-24(17)12-14)18(25)23-8-6-20(7-9-23)10-15(27-3)13-22(2)19(20)26/h4-5,11-12,15H,6-10,13H2,1-3H3. The fourth-order valence-electron chi connectivity index (χ4n) is 4.52. The first-order chi connectivity index (χ1) is 12.9. The Kier molecular flexibility index (Phi) is 4.42. The average Bonchev–Trinajstić information content (AvgIpc) is 3.08. The number of likely N-dealkylation sites (N-methyl/N-ethyl adjacent to an activating group) is 1. The first-order valence-corrected chi connectivity index (χ1v) is 9.45. The van der Waals surface area contributed by atoms with Gasteiger partial charge in [0.25, 0.3) is 5.91 Å². The molecule has 4 heterocycles. The first kappa shape index (κ1) is 18.0. The van der Waals surface area contributed by atoms with Gasteiger partial charge in [-0.25, -0.2) is 4.52 Å². The number of piperidine rings is 2. The summed E-state index contributed by atoms with van der Waals surface area (Å²) in [4.78, 5) is 29.5. The van der Waals surface area contributed by atoms with Crippen LogP contribution in [0.2, 0.25) is 0 Å². The Bertz CT molecular complexity index is 882. The lowest BCUT2D eigenvalue weighted by atomic mass is 9.71. The summed E-state index contributed by atoms with van der Waals surface area (Å²) in [6, 6.07) is 3.92. The second kappa shape index (κ2) is 6.64. The van der Waals surface area contributed by atoms with E-state index in [2.05, 4.69) is 5.10 Å². The summed E-state index contributed by atoms with van der Waals surface area (Å²) in [5.41, 5.74) is 2.13. The fourth-order valence-corrected chi connectivity index (χ4v) is 4.52. The number of pyridine rings is 1. The molecule has 144 valence electrons. The molecule has 0 N–H and O–H groups in total. The van der Waals surface area contributed by atoms with Crippen LogP contribution in [0.25, 0.3) is 5.52 Å². The van der Waals surface area contributed by atoms with Gasteiger partial charge < -0.3 is 14.5 Å². The van der Waals surface area contributed by atoms with E-state index in [0.29, 0.717) is 38.0 Å². The zero-order valence-corrected chi connectivity index (χ0v) is 16.1. The van der Waals surface area contributed by atoms with Gasteiger partial charge in [0.1, 0.15) is 0 Å². The molecule has 7 nitrogen and oxygen atoms in total. The van der Waals surface area contributed by atoms with Gasteiger partial charge in [-0.3, -0.25) is 9.59 Å². The Morgan fingerprint density at radius 1 is 1.30 bits per heavy atom. The van der Waals surface area contributed by atoms with Gasteiger partial charge in [-0.1, -0.05) is 6.07 Å². The summed E-state index contributed by atoms with van der Waals surface area (Å²) in [6.07, 6.45) is 5.73. The largest absolute Gasteiger partial charge is 0.380 e. The maximum atomic E-state index is 13.0. The van der Waals surface area contributed by atoms with Gasteiger partial charge in [0.2, 0.25) is 5.91 Å². The Morgan fingerprint density at radius 3 is 2.74 bits per heavy atom. The highest BCUT2D eigenvalue weighted by Crippen LogP contribution is 2.41. The van der Waals surface area contributed by atoms with Crippen molar-refractivity contribution in [3.8, 4) is 0 Å². The predicted molar refractivity (Wildman–Crippen MR) is 101 cm³/mol. The van der Waals surface area contributed by atoms with Crippen LogP contribution in [0.1, 0.15) is 35.2 Å². The van der Waals surface area contributed by atoms with E-state index in [9.17, 15) is 9.59 Å². The Morgan fingerprint density at radius 2 is 2.04 bits per heavy atom. The molecule has 2 aromatic rings. The topological polar surface area (TPSA) is 67.2 Å². The molecule has 1 spiro atoms. The molecular formula is C20H26N4O3. The van der Waals surface area contributed by atoms with E-state index < -0.39 is 5.41 Å². The third-order valence-electron chi connectivity index (χ3n) is 6.13. The van der Waals surface area contributed by atoms with E-state index in [1.54, 1.807) is 22.7 Å². The molecular weight excluding hydrogens is 344 g/mol. The van der Waals surface area contributed by atoms with E-state index in [4.69, 9.17) is 4.74 Å². The highest BCUT2D eigenvalue weighted by molar-refractivity contribution is 6.00. The quantitative estimate of drug-likeness (QED) is 0.808. The van der Waals surface area contributed by atoms with Crippen LogP contribution in [0.3, 0.4) is 0 Å². The zero-order valence-electron chi connectivity index (χ0n) is 16.1. The molecule has 4 rings (SSSR count). The van der Waals surface area contributed by atoms with Crippen molar-refractivity contribution in [3.63, 3.8) is 0 Å². The van der Waals surface area contributed by atoms with Crippen LogP contribution < -0.4 is 0 Å². The minimum Gasteiger partial charge on any atom is -0.380 e. The van der Waals surface area contributed by atoms with Crippen molar-refractivity contribution in [2.24, 2.45) is 5.41 Å². The molecule has 0 aliphatic carbocycles. The van der Waals surface area contributed by atoms with Gasteiger partial charge >= 0.3 is 0 Å². The summed E-state index contributed by atoms with van der Waals surface area (Å²) in [5.74, 6) is 0.179. The number of rotatable bonds is 2. The van der Waals surface area contributed by atoms with Gasteiger partial charge in [-0.05, 0) is 37.8 Å². The van der Waals surface area contributed by atoms with Crippen molar-refractivity contribution in [1.82, 2.24) is 19.4 Å². The van der Waals surface area contributed by atoms with Crippen molar-refractivity contribution >= 4 is 17.3 Å². The number of aryl methyl sites for hydroxylation is 1. The van der Waals surface area contributed by atoms with E-state index in [1.807, 2.05) is 37.2 Å². The third kappa shape index (κ3) is 3.00. The van der Waals surface area contributed by atoms with Crippen LogP contribution in [0.15, 0.2) is 24.5 Å². The van der Waals surface area contributed by atoms with Crippen LogP contribution in [-0.2, 0) is 9.53 Å². The number of aromatic nitrogens is 2. The molecule has 2 aliphatic rings. The molecule has 2 aliphatic heterocycles. The van der Waals surface area contributed by atoms with Crippen LogP contribution in [-0.4, -0.2) is 71.1 Å². The van der Waals surface area contributed by atoms with E-state index >= 15 is 0 Å². The minimum absolute atomic E-state index is 0.0105. The fraction of sp³-hybridized carbons (Fsp3) is 0.550. The van der Waals surface area contributed by atoms with Crippen molar-refractivity contribution in [2.45, 2.75) is 32.3 Å². The second-order valence-electron chi connectivity index (χ2n) is 7.91. The lowest BCUT2D eigenvalue weighted by molar-refractivity contribution is -0.155. The number of hydrogen-bond donors (Lipinski definition) is 0. The third-order valence-corrected chi connectivity index (χ3v) is 6.13. The molecule has 2 aromatic heterocycles. The smallest absolute Gasteiger partial charge is 0.257 e.